The molecule has 7 nitrogen and oxygen atoms in total. The summed E-state index contributed by atoms with van der Waals surface area (Å²) in [4.78, 5) is 26.6. The summed E-state index contributed by atoms with van der Waals surface area (Å²) in [5, 5.41) is 14.5. The van der Waals surface area contributed by atoms with E-state index < -0.39 is 12.0 Å². The molecule has 0 aliphatic heterocycles. The van der Waals surface area contributed by atoms with E-state index in [1.54, 1.807) is 6.92 Å². The van der Waals surface area contributed by atoms with E-state index in [0.717, 1.165) is 0 Å². The Morgan fingerprint density at radius 3 is 2.45 bits per heavy atom. The molecule has 1 aromatic rings. The van der Waals surface area contributed by atoms with Crippen LogP contribution < -0.4 is 16.4 Å². The molecule has 0 saturated carbocycles. The minimum Gasteiger partial charge on any atom is -0.478 e. The zero-order chi connectivity index (χ0) is 15.5. The van der Waals surface area contributed by atoms with Gasteiger partial charge < -0.3 is 21.5 Å². The molecule has 0 spiro atoms. The number of nitrogens with one attached hydrogen (secondary N) is 2. The summed E-state index contributed by atoms with van der Waals surface area (Å²) in [5.74, 6) is -1.01. The number of carbonyl (C=O) groups is 2. The number of nitrogens with two attached hydrogens (primary N) is 1. The zero-order valence-electron chi connectivity index (χ0n) is 12.0. The Kier molecular flexibility index (Phi) is 4.54. The Hall–Kier alpha value is -2.31. The number of rotatable bonds is 4. The van der Waals surface area contributed by atoms with Gasteiger partial charge in [0.15, 0.2) is 0 Å². The maximum absolute atomic E-state index is 11.9. The SMILES string of the molecule is CC(Nc1ncc(C(=O)O)cc1N)C(=O)NC(C)(C)C. The van der Waals surface area contributed by atoms with Crippen molar-refractivity contribution in [3.05, 3.63) is 17.8 Å². The molecule has 1 atom stereocenters. The van der Waals surface area contributed by atoms with Crippen LogP contribution in [0.4, 0.5) is 11.5 Å². The standard InChI is InChI=1S/C13H20N4O3/c1-7(11(18)17-13(2,3)4)16-10-9(14)5-8(6-15-10)12(19)20/h5-7H,14H2,1-4H3,(H,15,16)(H,17,18)(H,19,20). The lowest BCUT2D eigenvalue weighted by Crippen LogP contribution is -2.47. The summed E-state index contributed by atoms with van der Waals surface area (Å²) in [7, 11) is 0. The summed E-state index contributed by atoms with van der Waals surface area (Å²) in [6.45, 7) is 7.32. The minimum atomic E-state index is -1.10. The Morgan fingerprint density at radius 1 is 1.40 bits per heavy atom. The van der Waals surface area contributed by atoms with Gasteiger partial charge in [0.2, 0.25) is 5.91 Å². The lowest BCUT2D eigenvalue weighted by molar-refractivity contribution is -0.122. The Balaban J connectivity index is 2.78. The first-order valence-electron chi connectivity index (χ1n) is 6.17. The zero-order valence-corrected chi connectivity index (χ0v) is 12.0. The van der Waals surface area contributed by atoms with Crippen molar-refractivity contribution < 1.29 is 14.7 Å². The summed E-state index contributed by atoms with van der Waals surface area (Å²) in [5.41, 5.74) is 5.56. The van der Waals surface area contributed by atoms with Gasteiger partial charge in [-0.1, -0.05) is 0 Å². The van der Waals surface area contributed by atoms with Crippen molar-refractivity contribution in [1.29, 1.82) is 0 Å². The van der Waals surface area contributed by atoms with Crippen LogP contribution in [-0.2, 0) is 4.79 Å². The number of carboxylic acids is 1. The maximum Gasteiger partial charge on any atom is 0.337 e. The number of carbonyl (C=O) groups excluding carboxylic acids is 1. The third-order valence-corrected chi connectivity index (χ3v) is 2.41. The first kappa shape index (κ1) is 15.7. The molecule has 5 N–H and O–H groups in total. The summed E-state index contributed by atoms with van der Waals surface area (Å²) in [6, 6.07) is 0.756. The first-order chi connectivity index (χ1) is 9.10. The predicted molar refractivity (Wildman–Crippen MR) is 76.6 cm³/mol. The van der Waals surface area contributed by atoms with Crippen LogP contribution in [0.1, 0.15) is 38.1 Å². The largest absolute Gasteiger partial charge is 0.478 e. The second-order valence-electron chi connectivity index (χ2n) is 5.57. The van der Waals surface area contributed by atoms with Crippen molar-refractivity contribution in [3.63, 3.8) is 0 Å². The number of carboxylic acid groups (broad SMARTS) is 1. The summed E-state index contributed by atoms with van der Waals surface area (Å²) >= 11 is 0. The molecule has 0 radical (unpaired) electrons. The highest BCUT2D eigenvalue weighted by Gasteiger charge is 2.20. The van der Waals surface area contributed by atoms with E-state index in [9.17, 15) is 9.59 Å². The van der Waals surface area contributed by atoms with E-state index >= 15 is 0 Å². The Morgan fingerprint density at radius 2 is 2.00 bits per heavy atom. The van der Waals surface area contributed by atoms with Gasteiger partial charge >= 0.3 is 5.97 Å². The molecule has 1 aromatic heterocycles. The first-order valence-corrected chi connectivity index (χ1v) is 6.17. The fraction of sp³-hybridized carbons (Fsp3) is 0.462. The monoisotopic (exact) mass is 280 g/mol. The lowest BCUT2D eigenvalue weighted by Gasteiger charge is -2.24. The van der Waals surface area contributed by atoms with E-state index in [2.05, 4.69) is 15.6 Å². The molecular weight excluding hydrogens is 260 g/mol. The number of aromatic carboxylic acids is 1. The third-order valence-electron chi connectivity index (χ3n) is 2.41. The van der Waals surface area contributed by atoms with Gasteiger partial charge in [0, 0.05) is 11.7 Å². The number of nitrogen functional groups attached to an aromatic ring is 1. The molecule has 7 heteroatoms. The molecule has 0 aliphatic rings. The van der Waals surface area contributed by atoms with E-state index in [0.29, 0.717) is 0 Å². The smallest absolute Gasteiger partial charge is 0.337 e. The minimum absolute atomic E-state index is 0.000142. The molecule has 20 heavy (non-hydrogen) atoms. The van der Waals surface area contributed by atoms with E-state index in [1.807, 2.05) is 20.8 Å². The van der Waals surface area contributed by atoms with Gasteiger partial charge in [0.1, 0.15) is 11.9 Å². The second-order valence-corrected chi connectivity index (χ2v) is 5.57. The van der Waals surface area contributed by atoms with E-state index in [-0.39, 0.29) is 28.5 Å². The van der Waals surface area contributed by atoms with E-state index in [4.69, 9.17) is 10.8 Å². The fourth-order valence-corrected chi connectivity index (χ4v) is 1.47. The highest BCUT2D eigenvalue weighted by atomic mass is 16.4. The second kappa shape index (κ2) is 5.77. The van der Waals surface area contributed by atoms with Crippen molar-refractivity contribution in [2.75, 3.05) is 11.1 Å². The van der Waals surface area contributed by atoms with Crippen LogP contribution in [0.25, 0.3) is 0 Å². The molecule has 0 fully saturated rings. The van der Waals surface area contributed by atoms with Gasteiger partial charge in [-0.15, -0.1) is 0 Å². The van der Waals surface area contributed by atoms with Crippen LogP contribution in [0.2, 0.25) is 0 Å². The van der Waals surface area contributed by atoms with Crippen molar-refractivity contribution >= 4 is 23.4 Å². The molecular formula is C13H20N4O3. The van der Waals surface area contributed by atoms with Gasteiger partial charge in [0.25, 0.3) is 0 Å². The highest BCUT2D eigenvalue weighted by molar-refractivity contribution is 5.90. The highest BCUT2D eigenvalue weighted by Crippen LogP contribution is 2.17. The predicted octanol–water partition coefficient (Wildman–Crippen LogP) is 1.08. The number of hydrogen-bond acceptors (Lipinski definition) is 5. The lowest BCUT2D eigenvalue weighted by atomic mass is 10.1. The van der Waals surface area contributed by atoms with Crippen molar-refractivity contribution in [2.24, 2.45) is 0 Å². The number of nitrogens with zero attached hydrogens (tertiary/aromatic N) is 1. The van der Waals surface area contributed by atoms with Gasteiger partial charge in [-0.25, -0.2) is 9.78 Å². The molecule has 0 saturated heterocycles. The van der Waals surface area contributed by atoms with Crippen LogP contribution in [0.5, 0.6) is 0 Å². The van der Waals surface area contributed by atoms with Crippen molar-refractivity contribution in [2.45, 2.75) is 39.3 Å². The molecule has 0 aromatic carbocycles. The summed E-state index contributed by atoms with van der Waals surface area (Å²) in [6.07, 6.45) is 1.19. The normalized spacial score (nSPS) is 12.6. The molecule has 1 amide bonds. The summed E-state index contributed by atoms with van der Waals surface area (Å²) < 4.78 is 0. The molecule has 1 unspecified atom stereocenters. The van der Waals surface area contributed by atoms with Gasteiger partial charge in [0.05, 0.1) is 11.3 Å². The number of hydrogen-bond donors (Lipinski definition) is 4. The van der Waals surface area contributed by atoms with Crippen LogP contribution in [0.3, 0.4) is 0 Å². The van der Waals surface area contributed by atoms with Crippen molar-refractivity contribution in [1.82, 2.24) is 10.3 Å². The van der Waals surface area contributed by atoms with Crippen LogP contribution in [0, 0.1) is 0 Å². The number of anilines is 2. The average molecular weight is 280 g/mol. The molecule has 1 rings (SSSR count). The number of pyridine rings is 1. The Labute approximate surface area is 117 Å². The van der Waals surface area contributed by atoms with Crippen LogP contribution in [0.15, 0.2) is 12.3 Å². The molecule has 0 bridgehead atoms. The van der Waals surface area contributed by atoms with Crippen LogP contribution >= 0.6 is 0 Å². The molecule has 1 heterocycles. The number of aromatic nitrogens is 1. The quantitative estimate of drug-likeness (QED) is 0.655. The maximum atomic E-state index is 11.9. The molecule has 0 aliphatic carbocycles. The molecule has 110 valence electrons. The fourth-order valence-electron chi connectivity index (χ4n) is 1.47. The Bertz CT molecular complexity index is 523. The van der Waals surface area contributed by atoms with Gasteiger partial charge in [-0.05, 0) is 33.8 Å². The van der Waals surface area contributed by atoms with Crippen LogP contribution in [-0.4, -0.2) is 33.5 Å². The third kappa shape index (κ3) is 4.42. The number of amides is 1. The van der Waals surface area contributed by atoms with Gasteiger partial charge in [-0.3, -0.25) is 4.79 Å². The van der Waals surface area contributed by atoms with Crippen molar-refractivity contribution in [3.8, 4) is 0 Å². The van der Waals surface area contributed by atoms with E-state index in [1.165, 1.54) is 12.3 Å². The van der Waals surface area contributed by atoms with Gasteiger partial charge in [-0.2, -0.15) is 0 Å². The average Bonchev–Trinajstić information content (AvgIpc) is 2.29. The topological polar surface area (TPSA) is 117 Å².